The summed E-state index contributed by atoms with van der Waals surface area (Å²) in [6.45, 7) is 4.97. The highest BCUT2D eigenvalue weighted by molar-refractivity contribution is 5.83. The number of hydrogen-bond donors (Lipinski definition) is 1. The van der Waals surface area contributed by atoms with Crippen molar-refractivity contribution in [2.24, 2.45) is 10.9 Å². The Morgan fingerprint density at radius 3 is 3.08 bits per heavy atom. The third-order valence-corrected chi connectivity index (χ3v) is 1.98. The molecular weight excluding hydrogens is 152 g/mol. The second kappa shape index (κ2) is 5.14. The third kappa shape index (κ3) is 3.22. The predicted molar refractivity (Wildman–Crippen MR) is 50.6 cm³/mol. The molecular formula is C9H18N2O. The van der Waals surface area contributed by atoms with Crippen LogP contribution in [-0.2, 0) is 4.74 Å². The molecule has 1 aliphatic heterocycles. The summed E-state index contributed by atoms with van der Waals surface area (Å²) in [7, 11) is 1.74. The van der Waals surface area contributed by atoms with Crippen LogP contribution in [0.15, 0.2) is 4.99 Å². The molecule has 1 N–H and O–H groups in total. The molecule has 12 heavy (non-hydrogen) atoms. The van der Waals surface area contributed by atoms with Gasteiger partial charge in [0, 0.05) is 26.6 Å². The van der Waals surface area contributed by atoms with Crippen molar-refractivity contribution in [3.63, 3.8) is 0 Å². The van der Waals surface area contributed by atoms with Crippen molar-refractivity contribution in [2.45, 2.75) is 19.8 Å². The minimum absolute atomic E-state index is 0.568. The molecule has 0 bridgehead atoms. The Hall–Kier alpha value is -0.570. The van der Waals surface area contributed by atoms with E-state index < -0.39 is 0 Å². The predicted octanol–water partition coefficient (Wildman–Crippen LogP) is 1.05. The summed E-state index contributed by atoms with van der Waals surface area (Å²) in [6.07, 6.45) is 2.33. The third-order valence-electron chi connectivity index (χ3n) is 1.98. The van der Waals surface area contributed by atoms with Crippen LogP contribution in [0.5, 0.6) is 0 Å². The molecule has 1 aliphatic rings. The fraction of sp³-hybridized carbons (Fsp3) is 0.889. The van der Waals surface area contributed by atoms with Crippen molar-refractivity contribution in [1.82, 2.24) is 5.32 Å². The van der Waals surface area contributed by atoms with Crippen LogP contribution in [0.2, 0.25) is 0 Å². The van der Waals surface area contributed by atoms with Crippen LogP contribution in [0.4, 0.5) is 0 Å². The largest absolute Gasteiger partial charge is 0.384 e. The van der Waals surface area contributed by atoms with Gasteiger partial charge < -0.3 is 10.1 Å². The van der Waals surface area contributed by atoms with Gasteiger partial charge in [-0.25, -0.2) is 0 Å². The number of nitrogens with one attached hydrogen (secondary N) is 1. The first-order valence-electron chi connectivity index (χ1n) is 4.59. The van der Waals surface area contributed by atoms with Crippen LogP contribution in [0, 0.1) is 5.92 Å². The maximum atomic E-state index is 5.04. The highest BCUT2D eigenvalue weighted by Gasteiger charge is 2.07. The van der Waals surface area contributed by atoms with E-state index in [2.05, 4.69) is 17.2 Å². The first kappa shape index (κ1) is 9.52. The average molecular weight is 170 g/mol. The lowest BCUT2D eigenvalue weighted by Crippen LogP contribution is -2.28. The van der Waals surface area contributed by atoms with Gasteiger partial charge >= 0.3 is 0 Å². The molecule has 0 radical (unpaired) electrons. The first-order valence-corrected chi connectivity index (χ1v) is 4.59. The molecule has 0 aromatic heterocycles. The molecule has 0 aromatic rings. The minimum Gasteiger partial charge on any atom is -0.384 e. The van der Waals surface area contributed by atoms with Crippen LogP contribution in [0.25, 0.3) is 0 Å². The van der Waals surface area contributed by atoms with E-state index >= 15 is 0 Å². The van der Waals surface area contributed by atoms with Gasteiger partial charge in [-0.1, -0.05) is 6.92 Å². The normalized spacial score (nSPS) is 19.0. The van der Waals surface area contributed by atoms with Crippen molar-refractivity contribution in [3.05, 3.63) is 0 Å². The Kier molecular flexibility index (Phi) is 4.08. The zero-order valence-corrected chi connectivity index (χ0v) is 7.97. The molecule has 3 heteroatoms. The van der Waals surface area contributed by atoms with Gasteiger partial charge in [0.1, 0.15) is 0 Å². The zero-order chi connectivity index (χ0) is 8.81. The highest BCUT2D eigenvalue weighted by atomic mass is 16.5. The second-order valence-electron chi connectivity index (χ2n) is 3.37. The van der Waals surface area contributed by atoms with Crippen LogP contribution in [0.3, 0.4) is 0 Å². The van der Waals surface area contributed by atoms with Gasteiger partial charge in [-0.2, -0.15) is 0 Å². The monoisotopic (exact) mass is 170 g/mol. The molecule has 0 fully saturated rings. The SMILES string of the molecule is COCC(C)CNC1=NCCC1. The van der Waals surface area contributed by atoms with E-state index in [1.807, 2.05) is 0 Å². The van der Waals surface area contributed by atoms with E-state index in [1.165, 1.54) is 12.3 Å². The van der Waals surface area contributed by atoms with E-state index in [9.17, 15) is 0 Å². The van der Waals surface area contributed by atoms with Crippen molar-refractivity contribution >= 4 is 5.84 Å². The van der Waals surface area contributed by atoms with Crippen molar-refractivity contribution in [1.29, 1.82) is 0 Å². The smallest absolute Gasteiger partial charge is 0.0963 e. The number of nitrogens with zero attached hydrogens (tertiary/aromatic N) is 1. The molecule has 0 aliphatic carbocycles. The molecule has 1 unspecified atom stereocenters. The van der Waals surface area contributed by atoms with E-state index in [0.717, 1.165) is 26.1 Å². The molecule has 0 saturated carbocycles. The molecule has 0 aromatic carbocycles. The van der Waals surface area contributed by atoms with Crippen LogP contribution in [0.1, 0.15) is 19.8 Å². The van der Waals surface area contributed by atoms with E-state index in [-0.39, 0.29) is 0 Å². The summed E-state index contributed by atoms with van der Waals surface area (Å²) in [6, 6.07) is 0. The fourth-order valence-electron chi connectivity index (χ4n) is 1.32. The Morgan fingerprint density at radius 1 is 1.67 bits per heavy atom. The molecule has 70 valence electrons. The summed E-state index contributed by atoms with van der Waals surface area (Å²) in [5.74, 6) is 1.75. The molecule has 3 nitrogen and oxygen atoms in total. The van der Waals surface area contributed by atoms with Crippen molar-refractivity contribution < 1.29 is 4.74 Å². The summed E-state index contributed by atoms with van der Waals surface area (Å²) >= 11 is 0. The maximum Gasteiger partial charge on any atom is 0.0963 e. The zero-order valence-electron chi connectivity index (χ0n) is 7.97. The molecule has 1 heterocycles. The standard InChI is InChI=1S/C9H18N2O/c1-8(7-12-2)6-11-9-4-3-5-10-9/h8H,3-7H2,1-2H3,(H,10,11). The fourth-order valence-corrected chi connectivity index (χ4v) is 1.32. The number of ether oxygens (including phenoxy) is 1. The van der Waals surface area contributed by atoms with Gasteiger partial charge in [-0.15, -0.1) is 0 Å². The molecule has 0 spiro atoms. The van der Waals surface area contributed by atoms with Gasteiger partial charge in [-0.3, -0.25) is 4.99 Å². The quantitative estimate of drug-likeness (QED) is 0.684. The lowest BCUT2D eigenvalue weighted by atomic mass is 10.2. The highest BCUT2D eigenvalue weighted by Crippen LogP contribution is 2.02. The first-order chi connectivity index (χ1) is 5.83. The summed E-state index contributed by atoms with van der Waals surface area (Å²) in [4.78, 5) is 4.33. The Morgan fingerprint density at radius 2 is 2.50 bits per heavy atom. The number of aliphatic imine (C=N–C) groups is 1. The second-order valence-corrected chi connectivity index (χ2v) is 3.37. The topological polar surface area (TPSA) is 33.6 Å². The van der Waals surface area contributed by atoms with Crippen molar-refractivity contribution in [3.8, 4) is 0 Å². The minimum atomic E-state index is 0.568. The Labute approximate surface area is 74.2 Å². The van der Waals surface area contributed by atoms with Gasteiger partial charge in [0.15, 0.2) is 0 Å². The van der Waals surface area contributed by atoms with Gasteiger partial charge in [0.2, 0.25) is 0 Å². The molecule has 0 amide bonds. The van der Waals surface area contributed by atoms with Crippen LogP contribution >= 0.6 is 0 Å². The summed E-state index contributed by atoms with van der Waals surface area (Å²) in [5, 5.41) is 3.34. The average Bonchev–Trinajstić information content (AvgIpc) is 2.53. The molecule has 1 rings (SSSR count). The van der Waals surface area contributed by atoms with Gasteiger partial charge in [-0.05, 0) is 12.3 Å². The van der Waals surface area contributed by atoms with Crippen LogP contribution in [-0.4, -0.2) is 32.6 Å². The van der Waals surface area contributed by atoms with Crippen molar-refractivity contribution in [2.75, 3.05) is 26.8 Å². The lowest BCUT2D eigenvalue weighted by Gasteiger charge is -2.11. The lowest BCUT2D eigenvalue weighted by molar-refractivity contribution is 0.161. The van der Waals surface area contributed by atoms with Crippen LogP contribution < -0.4 is 5.32 Å². The van der Waals surface area contributed by atoms with E-state index in [4.69, 9.17) is 4.74 Å². The maximum absolute atomic E-state index is 5.04. The molecule has 0 saturated heterocycles. The summed E-state index contributed by atoms with van der Waals surface area (Å²) in [5.41, 5.74) is 0. The number of hydrogen-bond acceptors (Lipinski definition) is 3. The van der Waals surface area contributed by atoms with E-state index in [0.29, 0.717) is 5.92 Å². The number of methoxy groups -OCH3 is 1. The molecule has 1 atom stereocenters. The Balaban J connectivity index is 2.07. The summed E-state index contributed by atoms with van der Waals surface area (Å²) < 4.78 is 5.04. The van der Waals surface area contributed by atoms with Gasteiger partial charge in [0.05, 0.1) is 12.4 Å². The van der Waals surface area contributed by atoms with E-state index in [1.54, 1.807) is 7.11 Å². The number of amidine groups is 1. The number of rotatable bonds is 4. The Bertz CT molecular complexity index is 157. The van der Waals surface area contributed by atoms with Gasteiger partial charge in [0.25, 0.3) is 0 Å².